The smallest absolute Gasteiger partial charge is 0.227 e. The van der Waals surface area contributed by atoms with E-state index in [4.69, 9.17) is 5.73 Å². The molecule has 1 aliphatic heterocycles. The van der Waals surface area contributed by atoms with Gasteiger partial charge in [0.15, 0.2) is 5.78 Å². The van der Waals surface area contributed by atoms with Crippen LogP contribution in [-0.2, 0) is 4.79 Å². The first-order chi connectivity index (χ1) is 8.65. The van der Waals surface area contributed by atoms with E-state index in [1.54, 1.807) is 18.2 Å². The van der Waals surface area contributed by atoms with Crippen molar-refractivity contribution >= 4 is 23.1 Å². The lowest BCUT2D eigenvalue weighted by molar-refractivity contribution is -0.120. The molecule has 1 unspecified atom stereocenters. The average molecular weight is 244 g/mol. The van der Waals surface area contributed by atoms with Crippen molar-refractivity contribution in [3.63, 3.8) is 0 Å². The Hall–Kier alpha value is -1.84. The molecule has 1 aromatic rings. The van der Waals surface area contributed by atoms with Crippen molar-refractivity contribution in [2.24, 2.45) is 11.8 Å². The van der Waals surface area contributed by atoms with Crippen LogP contribution in [0.3, 0.4) is 0 Å². The number of carbonyl (C=O) groups excluding carboxylic acids is 2. The van der Waals surface area contributed by atoms with Crippen molar-refractivity contribution in [1.82, 2.24) is 0 Å². The maximum absolute atomic E-state index is 12.2. The molecule has 2 aliphatic rings. The molecule has 4 heteroatoms. The molecule has 1 aliphatic carbocycles. The van der Waals surface area contributed by atoms with Crippen molar-refractivity contribution in [2.75, 3.05) is 11.1 Å². The number of nitrogens with two attached hydrogens (primary N) is 1. The Balaban J connectivity index is 1.92. The molecule has 1 atom stereocenters. The second-order valence-corrected chi connectivity index (χ2v) is 5.26. The van der Waals surface area contributed by atoms with E-state index in [2.05, 4.69) is 5.32 Å². The van der Waals surface area contributed by atoms with Crippen LogP contribution in [-0.4, -0.2) is 11.7 Å². The average Bonchev–Trinajstić information content (AvgIpc) is 3.11. The molecule has 1 amide bonds. The van der Waals surface area contributed by atoms with Crippen LogP contribution in [0.15, 0.2) is 18.2 Å². The quantitative estimate of drug-likeness (QED) is 0.783. The number of carbonyl (C=O) groups is 2. The lowest BCUT2D eigenvalue weighted by Gasteiger charge is -2.11. The number of hydrogen-bond donors (Lipinski definition) is 2. The van der Waals surface area contributed by atoms with E-state index < -0.39 is 0 Å². The fourth-order valence-electron chi connectivity index (χ4n) is 2.59. The second kappa shape index (κ2) is 4.12. The molecule has 3 rings (SSSR count). The van der Waals surface area contributed by atoms with Gasteiger partial charge >= 0.3 is 0 Å². The minimum Gasteiger partial charge on any atom is -0.398 e. The number of rotatable bonds is 2. The van der Waals surface area contributed by atoms with E-state index in [0.29, 0.717) is 22.9 Å². The summed E-state index contributed by atoms with van der Waals surface area (Å²) in [6, 6.07) is 5.19. The SMILES string of the molecule is Nc1cccc2c1C(=O)CC(CC1CC1)C(=O)N2. The third kappa shape index (κ3) is 1.98. The molecule has 4 nitrogen and oxygen atoms in total. The van der Waals surface area contributed by atoms with Gasteiger partial charge in [0, 0.05) is 18.0 Å². The van der Waals surface area contributed by atoms with Crippen molar-refractivity contribution in [3.05, 3.63) is 23.8 Å². The zero-order chi connectivity index (χ0) is 12.7. The van der Waals surface area contributed by atoms with E-state index in [1.165, 1.54) is 12.8 Å². The van der Waals surface area contributed by atoms with Crippen LogP contribution in [0.25, 0.3) is 0 Å². The molecule has 0 radical (unpaired) electrons. The predicted molar refractivity (Wildman–Crippen MR) is 69.3 cm³/mol. The summed E-state index contributed by atoms with van der Waals surface area (Å²) in [6.07, 6.45) is 3.48. The number of hydrogen-bond acceptors (Lipinski definition) is 3. The highest BCUT2D eigenvalue weighted by Gasteiger charge is 2.34. The lowest BCUT2D eigenvalue weighted by atomic mass is 9.94. The third-order valence-electron chi connectivity index (χ3n) is 3.75. The first-order valence-electron chi connectivity index (χ1n) is 6.37. The molecule has 0 bridgehead atoms. The molecule has 0 aromatic heterocycles. The van der Waals surface area contributed by atoms with Gasteiger partial charge in [-0.2, -0.15) is 0 Å². The fraction of sp³-hybridized carbons (Fsp3) is 0.429. The second-order valence-electron chi connectivity index (χ2n) is 5.26. The van der Waals surface area contributed by atoms with E-state index in [-0.39, 0.29) is 24.0 Å². The molecule has 18 heavy (non-hydrogen) atoms. The lowest BCUT2D eigenvalue weighted by Crippen LogP contribution is -2.22. The number of fused-ring (bicyclic) bond motifs is 1. The Kier molecular flexibility index (Phi) is 2.58. The minimum atomic E-state index is -0.197. The number of benzene rings is 1. The molecule has 0 spiro atoms. The molecule has 1 aromatic carbocycles. The van der Waals surface area contributed by atoms with Gasteiger partial charge in [-0.15, -0.1) is 0 Å². The Labute approximate surface area is 106 Å². The van der Waals surface area contributed by atoms with Crippen LogP contribution in [0, 0.1) is 11.8 Å². The van der Waals surface area contributed by atoms with E-state index >= 15 is 0 Å². The van der Waals surface area contributed by atoms with Gasteiger partial charge in [-0.1, -0.05) is 18.9 Å². The summed E-state index contributed by atoms with van der Waals surface area (Å²) in [6.45, 7) is 0. The van der Waals surface area contributed by atoms with Gasteiger partial charge in [-0.05, 0) is 24.5 Å². The summed E-state index contributed by atoms with van der Waals surface area (Å²) in [4.78, 5) is 24.3. The number of nitrogens with one attached hydrogen (secondary N) is 1. The topological polar surface area (TPSA) is 72.2 Å². The summed E-state index contributed by atoms with van der Waals surface area (Å²) >= 11 is 0. The van der Waals surface area contributed by atoms with E-state index in [0.717, 1.165) is 6.42 Å². The van der Waals surface area contributed by atoms with Gasteiger partial charge in [0.05, 0.1) is 11.3 Å². The molecule has 94 valence electrons. The molecule has 1 heterocycles. The first-order valence-corrected chi connectivity index (χ1v) is 6.37. The summed E-state index contributed by atoms with van der Waals surface area (Å²) in [7, 11) is 0. The number of Topliss-reactive ketones (excluding diaryl/α,β-unsaturated/α-hetero) is 1. The number of nitrogen functional groups attached to an aromatic ring is 1. The maximum Gasteiger partial charge on any atom is 0.227 e. The Morgan fingerprint density at radius 1 is 1.28 bits per heavy atom. The summed E-state index contributed by atoms with van der Waals surface area (Å²) in [5.41, 5.74) is 7.32. The van der Waals surface area contributed by atoms with Gasteiger partial charge in [-0.25, -0.2) is 0 Å². The highest BCUT2D eigenvalue weighted by atomic mass is 16.2. The Morgan fingerprint density at radius 2 is 2.06 bits per heavy atom. The Morgan fingerprint density at radius 3 is 2.78 bits per heavy atom. The molecular formula is C14H16N2O2. The van der Waals surface area contributed by atoms with Gasteiger partial charge in [0.1, 0.15) is 0 Å². The van der Waals surface area contributed by atoms with Crippen LogP contribution in [0.4, 0.5) is 11.4 Å². The summed E-state index contributed by atoms with van der Waals surface area (Å²) < 4.78 is 0. The normalized spacial score (nSPS) is 23.2. The van der Waals surface area contributed by atoms with E-state index in [9.17, 15) is 9.59 Å². The zero-order valence-electron chi connectivity index (χ0n) is 10.1. The predicted octanol–water partition coefficient (Wildman–Crippen LogP) is 2.21. The number of amides is 1. The van der Waals surface area contributed by atoms with Crippen molar-refractivity contribution < 1.29 is 9.59 Å². The van der Waals surface area contributed by atoms with Crippen molar-refractivity contribution in [3.8, 4) is 0 Å². The van der Waals surface area contributed by atoms with Gasteiger partial charge in [0.2, 0.25) is 5.91 Å². The highest BCUT2D eigenvalue weighted by molar-refractivity contribution is 6.12. The van der Waals surface area contributed by atoms with Crippen LogP contribution < -0.4 is 11.1 Å². The number of ketones is 1. The van der Waals surface area contributed by atoms with Crippen LogP contribution in [0.1, 0.15) is 36.0 Å². The molecule has 1 saturated carbocycles. The monoisotopic (exact) mass is 244 g/mol. The van der Waals surface area contributed by atoms with E-state index in [1.807, 2.05) is 0 Å². The van der Waals surface area contributed by atoms with Crippen LogP contribution in [0.5, 0.6) is 0 Å². The van der Waals surface area contributed by atoms with Crippen molar-refractivity contribution in [1.29, 1.82) is 0 Å². The molecule has 1 fully saturated rings. The third-order valence-corrected chi connectivity index (χ3v) is 3.75. The molecular weight excluding hydrogens is 228 g/mol. The van der Waals surface area contributed by atoms with Crippen LogP contribution in [0.2, 0.25) is 0 Å². The van der Waals surface area contributed by atoms with Gasteiger partial charge < -0.3 is 11.1 Å². The summed E-state index contributed by atoms with van der Waals surface area (Å²) in [5, 5.41) is 2.84. The first kappa shape index (κ1) is 11.3. The zero-order valence-corrected chi connectivity index (χ0v) is 10.1. The van der Waals surface area contributed by atoms with Gasteiger partial charge in [0.25, 0.3) is 0 Å². The maximum atomic E-state index is 12.2. The fourth-order valence-corrected chi connectivity index (χ4v) is 2.59. The molecule has 3 N–H and O–H groups in total. The van der Waals surface area contributed by atoms with Crippen LogP contribution >= 0.6 is 0 Å². The summed E-state index contributed by atoms with van der Waals surface area (Å²) in [5.74, 6) is 0.371. The van der Waals surface area contributed by atoms with Gasteiger partial charge in [-0.3, -0.25) is 9.59 Å². The Bertz CT molecular complexity index is 521. The highest BCUT2D eigenvalue weighted by Crippen LogP contribution is 2.38. The van der Waals surface area contributed by atoms with Crippen molar-refractivity contribution in [2.45, 2.75) is 25.7 Å². The largest absolute Gasteiger partial charge is 0.398 e. The molecule has 0 saturated heterocycles. The minimum absolute atomic E-state index is 0.0212. The number of anilines is 2. The standard InChI is InChI=1S/C14H16N2O2/c15-10-2-1-3-11-13(10)12(17)7-9(14(18)16-11)6-8-4-5-8/h1-3,8-9H,4-7,15H2,(H,16,18).